The molecule has 2 saturated heterocycles. The Labute approximate surface area is 378 Å². The number of nitrogens with zero attached hydrogens (tertiary/aromatic N) is 3. The molecule has 9 rings (SSSR count). The molecule has 3 N–H and O–H groups in total. The highest BCUT2D eigenvalue weighted by molar-refractivity contribution is 7.22. The van der Waals surface area contributed by atoms with Crippen molar-refractivity contribution < 1.29 is 48.3 Å². The predicted octanol–water partition coefficient (Wildman–Crippen LogP) is 6.49. The molecule has 65 heavy (non-hydrogen) atoms. The van der Waals surface area contributed by atoms with Crippen LogP contribution in [0.4, 0.5) is 15.6 Å². The van der Waals surface area contributed by atoms with E-state index < -0.39 is 59.4 Å². The molecule has 6 unspecified atom stereocenters. The highest BCUT2D eigenvalue weighted by Crippen LogP contribution is 2.66. The van der Waals surface area contributed by atoms with Crippen molar-refractivity contribution in [3.05, 3.63) is 155 Å². The highest BCUT2D eigenvalue weighted by atomic mass is 32.1. The molecule has 3 aliphatic rings. The van der Waals surface area contributed by atoms with Crippen molar-refractivity contribution in [2.45, 2.75) is 36.1 Å². The van der Waals surface area contributed by atoms with Gasteiger partial charge in [-0.05, 0) is 53.1 Å². The molecule has 2 fully saturated rings. The number of hydrogen-bond donors (Lipinski definition) is 3. The number of fused-ring (bicyclic) bond motifs is 4. The summed E-state index contributed by atoms with van der Waals surface area (Å²) in [5.74, 6) is 2.32. The van der Waals surface area contributed by atoms with E-state index in [9.17, 15) is 15.0 Å². The quantitative estimate of drug-likeness (QED) is 0.0693. The summed E-state index contributed by atoms with van der Waals surface area (Å²) in [6, 6.07) is 34.3. The zero-order valence-corrected chi connectivity index (χ0v) is 36.0. The van der Waals surface area contributed by atoms with Gasteiger partial charge < -0.3 is 34.5 Å². The first-order chi connectivity index (χ1) is 31.8. The number of para-hydroxylation sites is 2. The molecule has 5 aromatic carbocycles. The maximum Gasteiger partial charge on any atom is 0.421 e. The summed E-state index contributed by atoms with van der Waals surface area (Å²) in [4.78, 5) is 69.5. The first kappa shape index (κ1) is 43.3. The fourth-order valence-corrected chi connectivity index (χ4v) is 10.4. The summed E-state index contributed by atoms with van der Waals surface area (Å²) in [5, 5.41) is 22.9. The number of rotatable bonds is 12. The minimum atomic E-state index is -2.13. The van der Waals surface area contributed by atoms with Crippen LogP contribution in [0, 0.1) is 17.8 Å². The Morgan fingerprint density at radius 2 is 1.57 bits per heavy atom. The first-order valence-corrected chi connectivity index (χ1v) is 21.9. The van der Waals surface area contributed by atoms with Gasteiger partial charge in [-0.1, -0.05) is 114 Å². The number of carbonyl (C=O) groups excluding carboxylic acids is 4. The number of esters is 1. The van der Waals surface area contributed by atoms with E-state index in [0.717, 1.165) is 9.60 Å². The van der Waals surface area contributed by atoms with Crippen LogP contribution in [-0.4, -0.2) is 90.2 Å². The van der Waals surface area contributed by atoms with E-state index in [1.54, 1.807) is 42.5 Å². The first-order valence-electron chi connectivity index (χ1n) is 21.1. The van der Waals surface area contributed by atoms with Crippen LogP contribution >= 0.6 is 11.3 Å². The molecule has 15 heteroatoms. The lowest BCUT2D eigenvalue weighted by atomic mass is 9.65. The van der Waals surface area contributed by atoms with Gasteiger partial charge in [0, 0.05) is 24.7 Å². The Morgan fingerprint density at radius 3 is 2.31 bits per heavy atom. The van der Waals surface area contributed by atoms with Crippen molar-refractivity contribution in [2.75, 3.05) is 50.4 Å². The molecule has 0 aliphatic carbocycles. The highest BCUT2D eigenvalue weighted by Gasteiger charge is 2.76. The van der Waals surface area contributed by atoms with Crippen LogP contribution in [0.2, 0.25) is 0 Å². The number of benzene rings is 5. The van der Waals surface area contributed by atoms with Gasteiger partial charge >= 0.3 is 12.1 Å². The molecule has 3 amide bonds. The fourth-order valence-electron chi connectivity index (χ4n) is 9.54. The monoisotopic (exact) mass is 892 g/mol. The van der Waals surface area contributed by atoms with Crippen LogP contribution in [0.15, 0.2) is 127 Å². The van der Waals surface area contributed by atoms with Crippen LogP contribution in [0.25, 0.3) is 10.2 Å². The van der Waals surface area contributed by atoms with Gasteiger partial charge in [-0.25, -0.2) is 14.7 Å². The molecule has 1 spiro atoms. The third-order valence-electron chi connectivity index (χ3n) is 12.0. The van der Waals surface area contributed by atoms with Crippen LogP contribution in [0.5, 0.6) is 5.75 Å². The Bertz CT molecular complexity index is 2780. The summed E-state index contributed by atoms with van der Waals surface area (Å²) < 4.78 is 24.4. The number of imide groups is 1. The van der Waals surface area contributed by atoms with Gasteiger partial charge in [-0.3, -0.25) is 19.3 Å². The number of amides is 3. The largest absolute Gasteiger partial charge is 0.491 e. The summed E-state index contributed by atoms with van der Waals surface area (Å²) in [6.45, 7) is -0.796. The molecular weight excluding hydrogens is 849 g/mol. The molecule has 0 radical (unpaired) electrons. The van der Waals surface area contributed by atoms with Crippen molar-refractivity contribution in [1.29, 1.82) is 0 Å². The third-order valence-corrected chi connectivity index (χ3v) is 12.9. The van der Waals surface area contributed by atoms with Crippen molar-refractivity contribution >= 4 is 56.2 Å². The molecule has 14 nitrogen and oxygen atoms in total. The third kappa shape index (κ3) is 7.69. The van der Waals surface area contributed by atoms with Gasteiger partial charge in [0.1, 0.15) is 36.5 Å². The molecule has 0 bridgehead atoms. The van der Waals surface area contributed by atoms with Gasteiger partial charge in [0.2, 0.25) is 11.8 Å². The number of methoxy groups -OCH3 is 1. The number of nitrogens with one attached hydrogen (secondary N) is 1. The van der Waals surface area contributed by atoms with Gasteiger partial charge in [0.15, 0.2) is 5.13 Å². The van der Waals surface area contributed by atoms with E-state index in [1.165, 1.54) is 18.4 Å². The Hall–Kier alpha value is -6.93. The lowest BCUT2D eigenvalue weighted by molar-refractivity contribution is -0.177. The number of cyclic esters (lactones) is 1. The predicted molar refractivity (Wildman–Crippen MR) is 241 cm³/mol. The number of thiazole rings is 1. The number of carbonyl (C=O) groups is 4. The molecular formula is C50H44N4O10S. The summed E-state index contributed by atoms with van der Waals surface area (Å²) in [7, 11) is 1.45. The van der Waals surface area contributed by atoms with Gasteiger partial charge in [-0.2, -0.15) is 0 Å². The van der Waals surface area contributed by atoms with Crippen LogP contribution in [0.1, 0.15) is 52.4 Å². The normalized spacial score (nSPS) is 22.2. The standard InChI is InChI=1S/C50H44N4O10S/c1-61-28-29-63-49(60)53-37-24-23-31(14-12-13-25-55)30-35(37)50(47(53)59)40(45(57)52-48-51-36-20-9-11-22-39(36)65-48)42-46(58)64-43(33-17-6-3-7-18-33)41(32-15-4-2-5-16-32)54(42)44(50)34-19-8-10-21-38(34)62-27-26-56/h2-11,15-24,30,40-44,55-56H,13,25-29H2,1H3,(H,51,52,57). The fraction of sp³-hybridized carbons (Fsp3) is 0.260. The summed E-state index contributed by atoms with van der Waals surface area (Å²) >= 11 is 1.23. The SMILES string of the molecule is COCCOC(=O)N1C(=O)C2(c3cc(C#CCCO)ccc31)C(C(=O)Nc1nc3ccccc3s1)C1C(=O)OC(c3ccccc3)C(c3ccccc3)N1C2c1ccccc1OCCO. The van der Waals surface area contributed by atoms with Gasteiger partial charge in [0.25, 0.3) is 0 Å². The zero-order valence-electron chi connectivity index (χ0n) is 35.2. The van der Waals surface area contributed by atoms with E-state index in [-0.39, 0.29) is 61.6 Å². The van der Waals surface area contributed by atoms with Crippen LogP contribution < -0.4 is 15.0 Å². The van der Waals surface area contributed by atoms with Crippen LogP contribution in [0.3, 0.4) is 0 Å². The molecule has 0 saturated carbocycles. The maximum absolute atomic E-state index is 16.4. The van der Waals surface area contributed by atoms with Crippen LogP contribution in [-0.2, 0) is 34.0 Å². The lowest BCUT2D eigenvalue weighted by Gasteiger charge is -2.46. The lowest BCUT2D eigenvalue weighted by Crippen LogP contribution is -2.54. The second-order valence-corrected chi connectivity index (χ2v) is 16.6. The average Bonchev–Trinajstić information content (AvgIpc) is 3.97. The number of hydrogen-bond acceptors (Lipinski definition) is 13. The number of anilines is 2. The van der Waals surface area contributed by atoms with E-state index in [1.807, 2.05) is 89.8 Å². The number of aliphatic hydroxyl groups is 2. The molecule has 1 aromatic heterocycles. The molecule has 6 atom stereocenters. The van der Waals surface area contributed by atoms with E-state index in [0.29, 0.717) is 27.8 Å². The Balaban J connectivity index is 1.38. The van der Waals surface area contributed by atoms with E-state index in [2.05, 4.69) is 17.2 Å². The number of morpholine rings is 1. The molecule has 4 heterocycles. The van der Waals surface area contributed by atoms with Crippen molar-refractivity contribution in [3.63, 3.8) is 0 Å². The molecule has 6 aromatic rings. The zero-order chi connectivity index (χ0) is 45.1. The average molecular weight is 893 g/mol. The number of aromatic nitrogens is 1. The number of aliphatic hydroxyl groups excluding tert-OH is 2. The number of ether oxygens (including phenoxy) is 4. The molecule has 3 aliphatic heterocycles. The van der Waals surface area contributed by atoms with Crippen molar-refractivity contribution in [3.8, 4) is 17.6 Å². The van der Waals surface area contributed by atoms with Crippen molar-refractivity contribution in [2.24, 2.45) is 5.92 Å². The summed E-state index contributed by atoms with van der Waals surface area (Å²) in [5.41, 5.74) is 1.03. The smallest absolute Gasteiger partial charge is 0.421 e. The Kier molecular flexibility index (Phi) is 12.4. The van der Waals surface area contributed by atoms with Gasteiger partial charge in [-0.15, -0.1) is 0 Å². The minimum absolute atomic E-state index is 0.0396. The Morgan fingerprint density at radius 1 is 0.846 bits per heavy atom. The molecule has 330 valence electrons. The van der Waals surface area contributed by atoms with Crippen molar-refractivity contribution in [1.82, 2.24) is 9.88 Å². The second-order valence-electron chi connectivity index (χ2n) is 15.6. The van der Waals surface area contributed by atoms with E-state index >= 15 is 14.4 Å². The minimum Gasteiger partial charge on any atom is -0.491 e. The van der Waals surface area contributed by atoms with Gasteiger partial charge in [0.05, 0.1) is 53.7 Å². The topological polar surface area (TPSA) is 177 Å². The summed E-state index contributed by atoms with van der Waals surface area (Å²) in [6.07, 6.45) is -1.82. The maximum atomic E-state index is 16.4. The second kappa shape index (κ2) is 18.7. The van der Waals surface area contributed by atoms with E-state index in [4.69, 9.17) is 23.9 Å².